The fraction of sp³-hybridized carbons (Fsp3) is 1.00. The monoisotopic (exact) mass is 212 g/mol. The Balaban J connectivity index is 4.20. The summed E-state index contributed by atoms with van der Waals surface area (Å²) in [5, 5.41) is 0. The van der Waals surface area contributed by atoms with Crippen LogP contribution in [0.25, 0.3) is 0 Å². The van der Waals surface area contributed by atoms with Crippen LogP contribution in [0.3, 0.4) is 0 Å². The minimum Gasteiger partial charge on any atom is -0.211 e. The van der Waals surface area contributed by atoms with E-state index in [2.05, 4.69) is 0 Å². The van der Waals surface area contributed by atoms with Crippen LogP contribution >= 0.6 is 0 Å². The van der Waals surface area contributed by atoms with Crippen molar-refractivity contribution >= 4 is 0 Å². The molecule has 0 aliphatic heterocycles. The Labute approximate surface area is 69.7 Å². The van der Waals surface area contributed by atoms with Crippen LogP contribution < -0.4 is 0 Å². The Morgan fingerprint density at radius 2 is 1.08 bits per heavy atom. The molecule has 0 saturated heterocycles. The highest BCUT2D eigenvalue weighted by Gasteiger charge is 2.42. The third kappa shape index (κ3) is 5.70. The van der Waals surface area contributed by atoms with Gasteiger partial charge in [0.1, 0.15) is 0 Å². The van der Waals surface area contributed by atoms with Gasteiger partial charge in [-0.2, -0.15) is 13.2 Å². The molecule has 0 amide bonds. The highest BCUT2D eigenvalue weighted by atomic mass is 19.4. The Morgan fingerprint density at radius 3 is 1.23 bits per heavy atom. The summed E-state index contributed by atoms with van der Waals surface area (Å²) in [6, 6.07) is 0. The van der Waals surface area contributed by atoms with Crippen molar-refractivity contribution in [3.05, 3.63) is 0 Å². The van der Waals surface area contributed by atoms with Crippen LogP contribution in [0.2, 0.25) is 0 Å². The van der Waals surface area contributed by atoms with E-state index in [1.807, 2.05) is 0 Å². The first-order valence-electron chi connectivity index (χ1n) is 3.36. The number of hydrogen-bond donors (Lipinski definition) is 0. The Bertz CT molecular complexity index is 128. The highest BCUT2D eigenvalue weighted by molar-refractivity contribution is 4.69. The third-order valence-corrected chi connectivity index (χ3v) is 1.39. The van der Waals surface area contributed by atoms with Gasteiger partial charge in [0.15, 0.2) is 0 Å². The number of rotatable bonds is 4. The zero-order valence-electron chi connectivity index (χ0n) is 6.29. The highest BCUT2D eigenvalue weighted by Crippen LogP contribution is 2.34. The maximum atomic E-state index is 11.8. The standard InChI is InChI=1S/C6H7F7/c7-4(8)1-3(2-5(9)10)6(11,12)13/h3-5H,1-2H2. The molecule has 0 N–H and O–H groups in total. The Kier molecular flexibility index (Phi) is 4.49. The fourth-order valence-electron chi connectivity index (χ4n) is 0.794. The van der Waals surface area contributed by atoms with Crippen molar-refractivity contribution in [3.8, 4) is 0 Å². The first-order chi connectivity index (χ1) is 5.73. The zero-order chi connectivity index (χ0) is 10.6. The van der Waals surface area contributed by atoms with Crippen LogP contribution in [0.1, 0.15) is 12.8 Å². The van der Waals surface area contributed by atoms with Crippen LogP contribution in [0.5, 0.6) is 0 Å². The lowest BCUT2D eigenvalue weighted by atomic mass is 10.0. The molecule has 0 aromatic carbocycles. The fourth-order valence-corrected chi connectivity index (χ4v) is 0.794. The molecule has 0 unspecified atom stereocenters. The molecule has 0 rings (SSSR count). The second-order valence-corrected chi connectivity index (χ2v) is 2.49. The quantitative estimate of drug-likeness (QED) is 0.626. The third-order valence-electron chi connectivity index (χ3n) is 1.39. The maximum Gasteiger partial charge on any atom is 0.392 e. The van der Waals surface area contributed by atoms with Crippen LogP contribution in [0.4, 0.5) is 30.7 Å². The lowest BCUT2D eigenvalue weighted by Gasteiger charge is -2.19. The predicted octanol–water partition coefficient (Wildman–Crippen LogP) is 3.48. The van der Waals surface area contributed by atoms with Gasteiger partial charge in [-0.3, -0.25) is 0 Å². The van der Waals surface area contributed by atoms with E-state index in [0.717, 1.165) is 0 Å². The van der Waals surface area contributed by atoms with Gasteiger partial charge in [0, 0.05) is 12.8 Å². The number of halogens is 7. The first-order valence-corrected chi connectivity index (χ1v) is 3.36. The summed E-state index contributed by atoms with van der Waals surface area (Å²) < 4.78 is 81.4. The molecule has 13 heavy (non-hydrogen) atoms. The molecule has 0 aliphatic rings. The normalized spacial score (nSPS) is 13.4. The molecule has 0 bridgehead atoms. The minimum atomic E-state index is -4.98. The van der Waals surface area contributed by atoms with Gasteiger partial charge in [-0.25, -0.2) is 17.6 Å². The smallest absolute Gasteiger partial charge is 0.211 e. The topological polar surface area (TPSA) is 0 Å². The molecule has 0 atom stereocenters. The summed E-state index contributed by atoms with van der Waals surface area (Å²) in [5.41, 5.74) is 0. The molecular weight excluding hydrogens is 205 g/mol. The van der Waals surface area contributed by atoms with Gasteiger partial charge in [-0.05, 0) is 0 Å². The van der Waals surface area contributed by atoms with E-state index < -0.39 is 37.8 Å². The lowest BCUT2D eigenvalue weighted by Crippen LogP contribution is -2.27. The summed E-state index contributed by atoms with van der Waals surface area (Å²) in [6.07, 6.45) is -14.5. The van der Waals surface area contributed by atoms with Gasteiger partial charge in [0.25, 0.3) is 0 Å². The maximum absolute atomic E-state index is 11.8. The van der Waals surface area contributed by atoms with Crippen LogP contribution in [-0.4, -0.2) is 19.0 Å². The molecule has 0 spiro atoms. The van der Waals surface area contributed by atoms with Gasteiger partial charge in [0.2, 0.25) is 12.9 Å². The van der Waals surface area contributed by atoms with Gasteiger partial charge < -0.3 is 0 Å². The predicted molar refractivity (Wildman–Crippen MR) is 30.8 cm³/mol. The van der Waals surface area contributed by atoms with Gasteiger partial charge >= 0.3 is 6.18 Å². The largest absolute Gasteiger partial charge is 0.392 e. The zero-order valence-corrected chi connectivity index (χ0v) is 6.29. The second-order valence-electron chi connectivity index (χ2n) is 2.49. The molecule has 0 aromatic rings. The molecule has 80 valence electrons. The molecule has 0 nitrogen and oxygen atoms in total. The number of hydrogen-bond acceptors (Lipinski definition) is 0. The molecule has 0 aliphatic carbocycles. The first kappa shape index (κ1) is 12.5. The summed E-state index contributed by atoms with van der Waals surface area (Å²) in [5.74, 6) is -2.62. The van der Waals surface area contributed by atoms with Crippen LogP contribution in [0, 0.1) is 5.92 Å². The summed E-state index contributed by atoms with van der Waals surface area (Å²) in [7, 11) is 0. The molecule has 0 heterocycles. The summed E-state index contributed by atoms with van der Waals surface area (Å²) in [6.45, 7) is 0. The Hall–Kier alpha value is -0.490. The summed E-state index contributed by atoms with van der Waals surface area (Å²) in [4.78, 5) is 0. The number of alkyl halides is 7. The SMILES string of the molecule is FC(F)CC(CC(F)F)C(F)(F)F. The van der Waals surface area contributed by atoms with Crippen LogP contribution in [-0.2, 0) is 0 Å². The van der Waals surface area contributed by atoms with Crippen molar-refractivity contribution in [2.24, 2.45) is 5.92 Å². The van der Waals surface area contributed by atoms with Crippen molar-refractivity contribution < 1.29 is 30.7 Å². The molecular formula is C6H7F7. The average molecular weight is 212 g/mol. The van der Waals surface area contributed by atoms with Crippen molar-refractivity contribution in [1.82, 2.24) is 0 Å². The molecule has 0 radical (unpaired) electrons. The van der Waals surface area contributed by atoms with E-state index >= 15 is 0 Å². The second kappa shape index (κ2) is 4.66. The molecule has 0 aromatic heterocycles. The van der Waals surface area contributed by atoms with E-state index in [9.17, 15) is 30.7 Å². The molecule has 0 saturated carbocycles. The molecule has 0 fully saturated rings. The van der Waals surface area contributed by atoms with Crippen LogP contribution in [0.15, 0.2) is 0 Å². The van der Waals surface area contributed by atoms with E-state index in [0.29, 0.717) is 0 Å². The van der Waals surface area contributed by atoms with E-state index in [1.54, 1.807) is 0 Å². The van der Waals surface area contributed by atoms with Crippen molar-refractivity contribution in [1.29, 1.82) is 0 Å². The van der Waals surface area contributed by atoms with Gasteiger partial charge in [-0.1, -0.05) is 0 Å². The average Bonchev–Trinajstić information content (AvgIpc) is 1.81. The van der Waals surface area contributed by atoms with Gasteiger partial charge in [0.05, 0.1) is 5.92 Å². The van der Waals surface area contributed by atoms with E-state index in [1.165, 1.54) is 0 Å². The Morgan fingerprint density at radius 1 is 0.769 bits per heavy atom. The van der Waals surface area contributed by atoms with E-state index in [4.69, 9.17) is 0 Å². The van der Waals surface area contributed by atoms with Gasteiger partial charge in [-0.15, -0.1) is 0 Å². The summed E-state index contributed by atoms with van der Waals surface area (Å²) >= 11 is 0. The van der Waals surface area contributed by atoms with Crippen molar-refractivity contribution in [3.63, 3.8) is 0 Å². The molecule has 7 heteroatoms. The van der Waals surface area contributed by atoms with E-state index in [-0.39, 0.29) is 0 Å². The van der Waals surface area contributed by atoms with Crippen molar-refractivity contribution in [2.45, 2.75) is 31.9 Å². The lowest BCUT2D eigenvalue weighted by molar-refractivity contribution is -0.192. The van der Waals surface area contributed by atoms with Crippen molar-refractivity contribution in [2.75, 3.05) is 0 Å². The minimum absolute atomic E-state index is 1.56.